The normalized spacial score (nSPS) is 21.9. The summed E-state index contributed by atoms with van der Waals surface area (Å²) in [6, 6.07) is 16.0. The van der Waals surface area contributed by atoms with Crippen molar-refractivity contribution in [3.63, 3.8) is 0 Å². The molecule has 174 valence electrons. The average Bonchev–Trinajstić information content (AvgIpc) is 3.27. The van der Waals surface area contributed by atoms with Crippen LogP contribution in [0.2, 0.25) is 0 Å². The molecule has 1 aliphatic heterocycles. The number of rotatable bonds is 4. The number of nitrogens with two attached hydrogens (primary N) is 1. The Morgan fingerprint density at radius 1 is 1.06 bits per heavy atom. The Morgan fingerprint density at radius 2 is 1.61 bits per heavy atom. The predicted molar refractivity (Wildman–Crippen MR) is 120 cm³/mol. The molecule has 1 fully saturated rings. The van der Waals surface area contributed by atoms with E-state index in [1.165, 1.54) is 0 Å². The standard InChI is InChI=1S/C25H28N2O6/c1-24(2,3)33-23(31)27-13-15(12-25(27,26)22(29)30)21(28)32-14-20-18-10-6-4-8-16(18)17-9-5-7-11-19(17)20/h4-11,15,20H,12-14,26H2,1-3H3,(H,29,30)/t15?,25-/m0/s1. The number of carbonyl (C=O) groups is 3. The van der Waals surface area contributed by atoms with Crippen molar-refractivity contribution >= 4 is 18.0 Å². The highest BCUT2D eigenvalue weighted by Crippen LogP contribution is 2.44. The summed E-state index contributed by atoms with van der Waals surface area (Å²) >= 11 is 0. The minimum Gasteiger partial charge on any atom is -0.478 e. The van der Waals surface area contributed by atoms with Gasteiger partial charge in [0.15, 0.2) is 5.66 Å². The van der Waals surface area contributed by atoms with E-state index in [-0.39, 0.29) is 25.5 Å². The van der Waals surface area contributed by atoms with Crippen LogP contribution in [0.5, 0.6) is 0 Å². The first-order valence-electron chi connectivity index (χ1n) is 10.9. The summed E-state index contributed by atoms with van der Waals surface area (Å²) in [5.74, 6) is -2.97. The number of hydrogen-bond acceptors (Lipinski definition) is 6. The van der Waals surface area contributed by atoms with Crippen LogP contribution in [0.3, 0.4) is 0 Å². The first-order chi connectivity index (χ1) is 15.5. The lowest BCUT2D eigenvalue weighted by Gasteiger charge is -2.32. The number of likely N-dealkylation sites (tertiary alicyclic amines) is 1. The molecule has 4 rings (SSSR count). The minimum absolute atomic E-state index is 0.112. The van der Waals surface area contributed by atoms with E-state index in [1.807, 2.05) is 48.5 Å². The molecule has 1 saturated heterocycles. The van der Waals surface area contributed by atoms with E-state index in [0.717, 1.165) is 27.2 Å². The number of hydrogen-bond donors (Lipinski definition) is 2. The molecule has 8 heteroatoms. The van der Waals surface area contributed by atoms with E-state index in [1.54, 1.807) is 20.8 Å². The number of esters is 1. The second kappa shape index (κ2) is 8.19. The smallest absolute Gasteiger partial charge is 0.412 e. The molecule has 1 unspecified atom stereocenters. The largest absolute Gasteiger partial charge is 0.478 e. The number of benzene rings is 2. The summed E-state index contributed by atoms with van der Waals surface area (Å²) in [6.07, 6.45) is -1.13. The minimum atomic E-state index is -2.04. The first kappa shape index (κ1) is 22.8. The van der Waals surface area contributed by atoms with Crippen LogP contribution in [0.1, 0.15) is 44.2 Å². The molecule has 2 aromatic carbocycles. The molecule has 1 amide bonds. The second-order valence-corrected chi connectivity index (χ2v) is 9.58. The van der Waals surface area contributed by atoms with Crippen LogP contribution in [0.4, 0.5) is 4.79 Å². The van der Waals surface area contributed by atoms with E-state index in [0.29, 0.717) is 0 Å². The molecular weight excluding hydrogens is 424 g/mol. The number of nitrogens with zero attached hydrogens (tertiary/aromatic N) is 1. The first-order valence-corrected chi connectivity index (χ1v) is 10.9. The predicted octanol–water partition coefficient (Wildman–Crippen LogP) is 3.34. The van der Waals surface area contributed by atoms with Gasteiger partial charge in [-0.1, -0.05) is 48.5 Å². The zero-order valence-electron chi connectivity index (χ0n) is 18.9. The van der Waals surface area contributed by atoms with E-state index < -0.39 is 35.2 Å². The zero-order chi connectivity index (χ0) is 24.0. The van der Waals surface area contributed by atoms with Crippen molar-refractivity contribution < 1.29 is 29.0 Å². The molecule has 0 bridgehead atoms. The summed E-state index contributed by atoms with van der Waals surface area (Å²) in [7, 11) is 0. The van der Waals surface area contributed by atoms with Crippen molar-refractivity contribution in [2.75, 3.05) is 13.2 Å². The van der Waals surface area contributed by atoms with Gasteiger partial charge in [-0.25, -0.2) is 9.59 Å². The fraction of sp³-hybridized carbons (Fsp3) is 0.400. The van der Waals surface area contributed by atoms with Gasteiger partial charge in [0.1, 0.15) is 12.2 Å². The molecule has 0 aromatic heterocycles. The van der Waals surface area contributed by atoms with E-state index >= 15 is 0 Å². The number of carbonyl (C=O) groups excluding carboxylic acids is 2. The van der Waals surface area contributed by atoms with Crippen molar-refractivity contribution in [3.8, 4) is 11.1 Å². The average molecular weight is 453 g/mol. The van der Waals surface area contributed by atoms with E-state index in [4.69, 9.17) is 15.2 Å². The van der Waals surface area contributed by atoms with Crippen LogP contribution < -0.4 is 5.73 Å². The van der Waals surface area contributed by atoms with Crippen LogP contribution in [0.15, 0.2) is 48.5 Å². The highest BCUT2D eigenvalue weighted by Gasteiger charge is 2.54. The van der Waals surface area contributed by atoms with Gasteiger partial charge in [-0.05, 0) is 43.0 Å². The lowest BCUT2D eigenvalue weighted by molar-refractivity contribution is -0.149. The Morgan fingerprint density at radius 3 is 2.12 bits per heavy atom. The third-order valence-corrected chi connectivity index (χ3v) is 6.11. The van der Waals surface area contributed by atoms with Crippen molar-refractivity contribution in [1.29, 1.82) is 0 Å². The zero-order valence-corrected chi connectivity index (χ0v) is 18.9. The van der Waals surface area contributed by atoms with Crippen molar-refractivity contribution in [3.05, 3.63) is 59.7 Å². The van der Waals surface area contributed by atoms with Crippen LogP contribution in [-0.2, 0) is 19.1 Å². The fourth-order valence-electron chi connectivity index (χ4n) is 4.57. The maximum Gasteiger partial charge on any atom is 0.412 e. The number of ether oxygens (including phenoxy) is 2. The number of amides is 1. The third kappa shape index (κ3) is 4.18. The fourth-order valence-corrected chi connectivity index (χ4v) is 4.57. The van der Waals surface area contributed by atoms with Crippen LogP contribution in [0.25, 0.3) is 11.1 Å². The van der Waals surface area contributed by atoms with Gasteiger partial charge in [0.05, 0.1) is 5.92 Å². The van der Waals surface area contributed by atoms with Crippen molar-refractivity contribution in [2.24, 2.45) is 11.7 Å². The molecule has 3 N–H and O–H groups in total. The SMILES string of the molecule is CC(C)(C)OC(=O)N1CC(C(=O)OCC2c3ccccc3-c3ccccc32)C[C@@]1(N)C(=O)O. The molecule has 0 spiro atoms. The highest BCUT2D eigenvalue weighted by atomic mass is 16.6. The molecule has 1 heterocycles. The van der Waals surface area contributed by atoms with Gasteiger partial charge in [0.2, 0.25) is 0 Å². The number of fused-ring (bicyclic) bond motifs is 3. The van der Waals surface area contributed by atoms with Gasteiger partial charge in [-0.2, -0.15) is 0 Å². The number of aliphatic carboxylic acids is 1. The highest BCUT2D eigenvalue weighted by molar-refractivity contribution is 5.87. The Bertz CT molecular complexity index is 1060. The lowest BCUT2D eigenvalue weighted by Crippen LogP contribution is -2.60. The van der Waals surface area contributed by atoms with Gasteiger partial charge in [-0.15, -0.1) is 0 Å². The van der Waals surface area contributed by atoms with Crippen LogP contribution in [-0.4, -0.2) is 52.5 Å². The monoisotopic (exact) mass is 452 g/mol. The maximum atomic E-state index is 12.9. The summed E-state index contributed by atoms with van der Waals surface area (Å²) in [5.41, 5.74) is 7.55. The molecule has 2 aromatic rings. The summed E-state index contributed by atoms with van der Waals surface area (Å²) in [4.78, 5) is 38.3. The van der Waals surface area contributed by atoms with Gasteiger partial charge >= 0.3 is 18.0 Å². The summed E-state index contributed by atoms with van der Waals surface area (Å²) < 4.78 is 11.0. The Kier molecular flexibility index (Phi) is 5.66. The van der Waals surface area contributed by atoms with Crippen LogP contribution in [0, 0.1) is 5.92 Å². The topological polar surface area (TPSA) is 119 Å². The Balaban J connectivity index is 1.49. The van der Waals surface area contributed by atoms with E-state index in [9.17, 15) is 19.5 Å². The Labute approximate surface area is 192 Å². The lowest BCUT2D eigenvalue weighted by atomic mass is 9.98. The third-order valence-electron chi connectivity index (χ3n) is 6.11. The second-order valence-electron chi connectivity index (χ2n) is 9.58. The molecule has 2 atom stereocenters. The molecule has 1 aliphatic carbocycles. The summed E-state index contributed by atoms with van der Waals surface area (Å²) in [5, 5.41) is 9.68. The molecule has 33 heavy (non-hydrogen) atoms. The molecule has 0 radical (unpaired) electrons. The molecular formula is C25H28N2O6. The van der Waals surface area contributed by atoms with Gasteiger partial charge in [0.25, 0.3) is 0 Å². The number of carboxylic acids is 1. The summed E-state index contributed by atoms with van der Waals surface area (Å²) in [6.45, 7) is 4.93. The molecule has 2 aliphatic rings. The number of carboxylic acid groups (broad SMARTS) is 1. The maximum absolute atomic E-state index is 12.9. The van der Waals surface area contributed by atoms with Crippen molar-refractivity contribution in [2.45, 2.75) is 44.4 Å². The van der Waals surface area contributed by atoms with Crippen molar-refractivity contribution in [1.82, 2.24) is 4.90 Å². The Hall–Kier alpha value is -3.39. The van der Waals surface area contributed by atoms with Gasteiger partial charge < -0.3 is 14.6 Å². The van der Waals surface area contributed by atoms with E-state index in [2.05, 4.69) is 0 Å². The molecule has 0 saturated carbocycles. The quantitative estimate of drug-likeness (QED) is 0.683. The van der Waals surface area contributed by atoms with Crippen LogP contribution >= 0.6 is 0 Å². The van der Waals surface area contributed by atoms with Gasteiger partial charge in [0, 0.05) is 18.9 Å². The molecule has 8 nitrogen and oxygen atoms in total. The van der Waals surface area contributed by atoms with Gasteiger partial charge in [-0.3, -0.25) is 15.4 Å².